The Labute approximate surface area is 179 Å². The summed E-state index contributed by atoms with van der Waals surface area (Å²) < 4.78 is 0.822. The number of hydrogen-bond acceptors (Lipinski definition) is 7. The molecule has 1 atom stereocenters. The van der Waals surface area contributed by atoms with Crippen molar-refractivity contribution in [1.29, 1.82) is 0 Å². The van der Waals surface area contributed by atoms with Crippen LogP contribution < -0.4 is 0 Å². The second kappa shape index (κ2) is 10.3. The van der Waals surface area contributed by atoms with Gasteiger partial charge in [0.25, 0.3) is 0 Å². The van der Waals surface area contributed by atoms with E-state index in [1.807, 2.05) is 12.0 Å². The highest BCUT2D eigenvalue weighted by molar-refractivity contribution is 9.10. The summed E-state index contributed by atoms with van der Waals surface area (Å²) in [5.74, 6) is -0.0741. The Bertz CT molecular complexity index is 788. The minimum absolute atomic E-state index is 0.0653. The van der Waals surface area contributed by atoms with Gasteiger partial charge in [0, 0.05) is 56.3 Å². The molecule has 1 aromatic rings. The summed E-state index contributed by atoms with van der Waals surface area (Å²) in [6.45, 7) is 7.72. The van der Waals surface area contributed by atoms with Gasteiger partial charge in [-0.2, -0.15) is 5.06 Å². The number of ketones is 1. The number of allylic oxidation sites excluding steroid dienone is 2. The average Bonchev–Trinajstić information content (AvgIpc) is 2.70. The van der Waals surface area contributed by atoms with E-state index in [-0.39, 0.29) is 29.6 Å². The first kappa shape index (κ1) is 22.0. The Balaban J connectivity index is 1.53. The summed E-state index contributed by atoms with van der Waals surface area (Å²) >= 11 is 3.46. The van der Waals surface area contributed by atoms with Gasteiger partial charge in [0.1, 0.15) is 11.5 Å². The van der Waals surface area contributed by atoms with Gasteiger partial charge in [0.15, 0.2) is 5.78 Å². The van der Waals surface area contributed by atoms with Crippen molar-refractivity contribution < 1.29 is 19.8 Å². The zero-order valence-corrected chi connectivity index (χ0v) is 18.3. The smallest absolute Gasteiger partial charge is 0.168 e. The molecule has 8 heteroatoms. The first-order valence-corrected chi connectivity index (χ1v) is 10.8. The summed E-state index contributed by atoms with van der Waals surface area (Å²) in [5, 5.41) is 22.1. The van der Waals surface area contributed by atoms with Crippen LogP contribution in [0.5, 0.6) is 5.75 Å². The SMILES string of the molecule is CCON1CCN(CCN=CC2=C(O)CC(c3cc(O)ccc3Br)CC2=O)CC1. The number of hydrogen-bond donors (Lipinski definition) is 2. The van der Waals surface area contributed by atoms with E-state index in [1.54, 1.807) is 18.2 Å². The number of rotatable bonds is 7. The van der Waals surface area contributed by atoms with E-state index in [1.165, 1.54) is 6.21 Å². The van der Waals surface area contributed by atoms with Crippen LogP contribution in [0.25, 0.3) is 0 Å². The molecule has 0 saturated carbocycles. The number of Topliss-reactive ketones (excluding diaryl/α,β-unsaturated/α-hetero) is 1. The predicted molar refractivity (Wildman–Crippen MR) is 115 cm³/mol. The average molecular weight is 466 g/mol. The van der Waals surface area contributed by atoms with Crippen LogP contribution in [-0.2, 0) is 9.63 Å². The monoisotopic (exact) mass is 465 g/mol. The predicted octanol–water partition coefficient (Wildman–Crippen LogP) is 3.05. The van der Waals surface area contributed by atoms with Crippen LogP contribution in [0.3, 0.4) is 0 Å². The van der Waals surface area contributed by atoms with Crippen molar-refractivity contribution in [2.45, 2.75) is 25.7 Å². The van der Waals surface area contributed by atoms with Gasteiger partial charge in [-0.05, 0) is 36.6 Å². The lowest BCUT2D eigenvalue weighted by atomic mass is 9.83. The third-order valence-corrected chi connectivity index (χ3v) is 6.03. The van der Waals surface area contributed by atoms with Crippen molar-refractivity contribution in [2.24, 2.45) is 4.99 Å². The first-order chi connectivity index (χ1) is 14.0. The van der Waals surface area contributed by atoms with Crippen LogP contribution in [0, 0.1) is 0 Å². The molecule has 1 aromatic carbocycles. The number of nitrogens with zero attached hydrogens (tertiary/aromatic N) is 3. The lowest BCUT2D eigenvalue weighted by Gasteiger charge is -2.33. The number of phenols is 1. The van der Waals surface area contributed by atoms with Crippen LogP contribution in [0.15, 0.2) is 39.0 Å². The Morgan fingerprint density at radius 3 is 2.69 bits per heavy atom. The third kappa shape index (κ3) is 5.88. The first-order valence-electron chi connectivity index (χ1n) is 10.0. The van der Waals surface area contributed by atoms with Crippen molar-refractivity contribution in [3.8, 4) is 5.75 Å². The summed E-state index contributed by atoms with van der Waals surface area (Å²) in [7, 11) is 0. The van der Waals surface area contributed by atoms with Gasteiger partial charge in [-0.1, -0.05) is 15.9 Å². The van der Waals surface area contributed by atoms with Gasteiger partial charge in [0.2, 0.25) is 0 Å². The maximum absolute atomic E-state index is 12.6. The number of hydroxylamine groups is 2. The van der Waals surface area contributed by atoms with Crippen LogP contribution in [-0.4, -0.2) is 78.0 Å². The molecule has 1 unspecified atom stereocenters. The molecule has 0 radical (unpaired) electrons. The van der Waals surface area contributed by atoms with Gasteiger partial charge in [0.05, 0.1) is 18.7 Å². The largest absolute Gasteiger partial charge is 0.511 e. The van der Waals surface area contributed by atoms with Crippen molar-refractivity contribution in [3.05, 3.63) is 39.6 Å². The summed E-state index contributed by atoms with van der Waals surface area (Å²) in [6.07, 6.45) is 2.16. The van der Waals surface area contributed by atoms with Gasteiger partial charge in [-0.3, -0.25) is 19.5 Å². The van der Waals surface area contributed by atoms with Crippen LogP contribution in [0.1, 0.15) is 31.2 Å². The number of aromatic hydroxyl groups is 1. The van der Waals surface area contributed by atoms with Crippen molar-refractivity contribution in [3.63, 3.8) is 0 Å². The Morgan fingerprint density at radius 2 is 2.00 bits per heavy atom. The zero-order chi connectivity index (χ0) is 20.8. The van der Waals surface area contributed by atoms with Gasteiger partial charge in [-0.25, -0.2) is 0 Å². The number of carbonyl (C=O) groups is 1. The van der Waals surface area contributed by atoms with E-state index in [4.69, 9.17) is 4.84 Å². The quantitative estimate of drug-likeness (QED) is 0.601. The number of piperazine rings is 1. The van der Waals surface area contributed by atoms with E-state index in [2.05, 4.69) is 25.8 Å². The highest BCUT2D eigenvalue weighted by Crippen LogP contribution is 2.38. The maximum atomic E-state index is 12.6. The lowest BCUT2D eigenvalue weighted by molar-refractivity contribution is -0.172. The van der Waals surface area contributed by atoms with E-state index in [0.29, 0.717) is 25.1 Å². The van der Waals surface area contributed by atoms with Crippen molar-refractivity contribution in [1.82, 2.24) is 9.96 Å². The van der Waals surface area contributed by atoms with Crippen LogP contribution in [0.4, 0.5) is 0 Å². The normalized spacial score (nSPS) is 22.0. The molecular formula is C21H28BrN3O4. The molecule has 2 aliphatic rings. The highest BCUT2D eigenvalue weighted by atomic mass is 79.9. The molecule has 29 heavy (non-hydrogen) atoms. The molecule has 158 valence electrons. The van der Waals surface area contributed by atoms with Crippen molar-refractivity contribution >= 4 is 27.9 Å². The van der Waals surface area contributed by atoms with E-state index >= 15 is 0 Å². The minimum atomic E-state index is -0.164. The second-order valence-electron chi connectivity index (χ2n) is 7.32. The Hall–Kier alpha value is -1.74. The Morgan fingerprint density at radius 1 is 1.24 bits per heavy atom. The number of aliphatic imine (C=N–C) groups is 1. The summed E-state index contributed by atoms with van der Waals surface area (Å²) in [4.78, 5) is 24.8. The number of carbonyl (C=O) groups excluding carboxylic acids is 1. The third-order valence-electron chi connectivity index (χ3n) is 5.31. The van der Waals surface area contributed by atoms with Crippen LogP contribution in [0.2, 0.25) is 0 Å². The molecule has 0 aromatic heterocycles. The highest BCUT2D eigenvalue weighted by Gasteiger charge is 2.29. The molecule has 1 aliphatic carbocycles. The number of halogens is 1. The van der Waals surface area contributed by atoms with E-state index < -0.39 is 0 Å². The molecule has 1 aliphatic heterocycles. The molecule has 2 N–H and O–H groups in total. The lowest BCUT2D eigenvalue weighted by Crippen LogP contribution is -2.46. The molecule has 1 heterocycles. The van der Waals surface area contributed by atoms with Gasteiger partial charge in [-0.15, -0.1) is 0 Å². The van der Waals surface area contributed by atoms with Gasteiger partial charge < -0.3 is 10.2 Å². The molecule has 0 bridgehead atoms. The fourth-order valence-corrected chi connectivity index (χ4v) is 4.31. The fraction of sp³-hybridized carbons (Fsp3) is 0.524. The zero-order valence-electron chi connectivity index (χ0n) is 16.7. The Kier molecular flexibility index (Phi) is 7.83. The summed E-state index contributed by atoms with van der Waals surface area (Å²) in [6, 6.07) is 4.98. The molecule has 0 amide bonds. The molecule has 3 rings (SSSR count). The standard InChI is InChI=1S/C21H28BrN3O4/c1-2-29-25-9-7-24(8-10-25)6-5-23-14-18-20(27)11-15(12-21(18)28)17-13-16(26)3-4-19(17)22/h3-4,13-15,26-27H,2,5-12H2,1H3. The topological polar surface area (TPSA) is 85.6 Å². The van der Waals surface area contributed by atoms with Crippen molar-refractivity contribution in [2.75, 3.05) is 45.9 Å². The number of aliphatic hydroxyl groups is 1. The minimum Gasteiger partial charge on any atom is -0.511 e. The molecule has 7 nitrogen and oxygen atoms in total. The fourth-order valence-electron chi connectivity index (χ4n) is 3.74. The number of phenolic OH excluding ortho intramolecular Hbond substituents is 1. The molecule has 1 saturated heterocycles. The maximum Gasteiger partial charge on any atom is 0.168 e. The summed E-state index contributed by atoms with van der Waals surface area (Å²) in [5.41, 5.74) is 1.13. The number of benzene rings is 1. The molecule has 0 spiro atoms. The van der Waals surface area contributed by atoms with Gasteiger partial charge >= 0.3 is 0 Å². The molecular weight excluding hydrogens is 438 g/mol. The van der Waals surface area contributed by atoms with Crippen LogP contribution >= 0.6 is 15.9 Å². The second-order valence-corrected chi connectivity index (χ2v) is 8.17. The van der Waals surface area contributed by atoms with E-state index in [9.17, 15) is 15.0 Å². The van der Waals surface area contributed by atoms with E-state index in [0.717, 1.165) is 42.8 Å². The number of aliphatic hydroxyl groups excluding tert-OH is 1. The molecule has 1 fully saturated rings.